The molecular weight excluding hydrogens is 202 g/mol. The average Bonchev–Trinajstić information content (AvgIpc) is 2.03. The molecule has 0 amide bonds. The molecule has 64 valence electrons. The molecule has 0 aromatic heterocycles. The van der Waals surface area contributed by atoms with Gasteiger partial charge in [-0.25, -0.2) is 4.39 Å². The van der Waals surface area contributed by atoms with Crippen LogP contribution in [0.2, 0.25) is 0 Å². The Morgan fingerprint density at radius 2 is 2.17 bits per heavy atom. The molecule has 12 heavy (non-hydrogen) atoms. The molecule has 0 saturated heterocycles. The molecule has 0 aliphatic rings. The van der Waals surface area contributed by atoms with Crippen LogP contribution in [0, 0.1) is 5.82 Å². The minimum atomic E-state index is -0.620. The normalized spacial score (nSPS) is 9.92. The SMILES string of the molecule is O=C(Cl)c1ccc(F)cc1CCl. The molecule has 4 heteroatoms. The number of carbonyl (C=O) groups is 1. The number of benzene rings is 1. The summed E-state index contributed by atoms with van der Waals surface area (Å²) in [6, 6.07) is 3.69. The van der Waals surface area contributed by atoms with Crippen molar-refractivity contribution in [3.63, 3.8) is 0 Å². The van der Waals surface area contributed by atoms with E-state index in [1.165, 1.54) is 18.2 Å². The molecule has 0 fully saturated rings. The van der Waals surface area contributed by atoms with Crippen LogP contribution in [-0.4, -0.2) is 5.24 Å². The van der Waals surface area contributed by atoms with E-state index >= 15 is 0 Å². The van der Waals surface area contributed by atoms with E-state index in [0.717, 1.165) is 0 Å². The van der Waals surface area contributed by atoms with Gasteiger partial charge in [-0.15, -0.1) is 11.6 Å². The van der Waals surface area contributed by atoms with E-state index in [0.29, 0.717) is 5.56 Å². The maximum absolute atomic E-state index is 12.6. The third-order valence-corrected chi connectivity index (χ3v) is 1.91. The van der Waals surface area contributed by atoms with Crippen LogP contribution in [0.15, 0.2) is 18.2 Å². The fraction of sp³-hybridized carbons (Fsp3) is 0.125. The van der Waals surface area contributed by atoms with Crippen LogP contribution >= 0.6 is 23.2 Å². The van der Waals surface area contributed by atoms with Gasteiger partial charge in [0.05, 0.1) is 0 Å². The molecule has 0 atom stereocenters. The second-order valence-corrected chi connectivity index (χ2v) is 2.82. The van der Waals surface area contributed by atoms with Crippen molar-refractivity contribution in [2.45, 2.75) is 5.88 Å². The predicted octanol–water partition coefficient (Wildman–Crippen LogP) is 2.94. The predicted molar refractivity (Wildman–Crippen MR) is 46.1 cm³/mol. The summed E-state index contributed by atoms with van der Waals surface area (Å²) in [5.41, 5.74) is 0.671. The van der Waals surface area contributed by atoms with Crippen LogP contribution in [0.25, 0.3) is 0 Å². The highest BCUT2D eigenvalue weighted by molar-refractivity contribution is 6.68. The molecule has 0 aliphatic carbocycles. The van der Waals surface area contributed by atoms with Crippen molar-refractivity contribution >= 4 is 28.4 Å². The molecule has 1 aromatic carbocycles. The van der Waals surface area contributed by atoms with Crippen LogP contribution in [-0.2, 0) is 5.88 Å². The van der Waals surface area contributed by atoms with Crippen molar-refractivity contribution in [1.82, 2.24) is 0 Å². The zero-order valence-electron chi connectivity index (χ0n) is 5.98. The third kappa shape index (κ3) is 1.96. The summed E-state index contributed by atoms with van der Waals surface area (Å²) >= 11 is 10.7. The van der Waals surface area contributed by atoms with E-state index < -0.39 is 11.1 Å². The van der Waals surface area contributed by atoms with Crippen molar-refractivity contribution in [2.75, 3.05) is 0 Å². The molecule has 1 aromatic rings. The zero-order chi connectivity index (χ0) is 9.14. The lowest BCUT2D eigenvalue weighted by molar-refractivity contribution is 0.108. The molecule has 0 N–H and O–H groups in total. The summed E-state index contributed by atoms with van der Waals surface area (Å²) in [6.45, 7) is 0. The van der Waals surface area contributed by atoms with E-state index in [1.54, 1.807) is 0 Å². The Kier molecular flexibility index (Phi) is 3.06. The number of alkyl halides is 1. The van der Waals surface area contributed by atoms with Crippen LogP contribution < -0.4 is 0 Å². The largest absolute Gasteiger partial charge is 0.276 e. The van der Waals surface area contributed by atoms with E-state index in [1.807, 2.05) is 0 Å². The smallest absolute Gasteiger partial charge is 0.252 e. The van der Waals surface area contributed by atoms with Crippen molar-refractivity contribution in [2.24, 2.45) is 0 Å². The van der Waals surface area contributed by atoms with Gasteiger partial charge in [-0.1, -0.05) is 0 Å². The standard InChI is InChI=1S/C8H5Cl2FO/c9-4-5-3-6(11)1-2-7(5)8(10)12/h1-3H,4H2. The zero-order valence-corrected chi connectivity index (χ0v) is 7.49. The van der Waals surface area contributed by atoms with Gasteiger partial charge in [0.2, 0.25) is 0 Å². The topological polar surface area (TPSA) is 17.1 Å². The summed E-state index contributed by atoms with van der Waals surface area (Å²) in [5, 5.41) is -0.620. The fourth-order valence-corrected chi connectivity index (χ4v) is 1.27. The molecule has 0 radical (unpaired) electrons. The Bertz CT molecular complexity index is 312. The van der Waals surface area contributed by atoms with Gasteiger partial charge < -0.3 is 0 Å². The first kappa shape index (κ1) is 9.49. The second-order valence-electron chi connectivity index (χ2n) is 2.21. The number of hydrogen-bond acceptors (Lipinski definition) is 1. The van der Waals surface area contributed by atoms with Crippen molar-refractivity contribution in [1.29, 1.82) is 0 Å². The number of halogens is 3. The fourth-order valence-electron chi connectivity index (χ4n) is 0.865. The van der Waals surface area contributed by atoms with Gasteiger partial charge in [-0.05, 0) is 35.4 Å². The van der Waals surface area contributed by atoms with E-state index in [-0.39, 0.29) is 11.4 Å². The summed E-state index contributed by atoms with van der Waals surface area (Å²) in [5.74, 6) is -0.349. The minimum Gasteiger partial charge on any atom is -0.276 e. The second kappa shape index (κ2) is 3.87. The summed E-state index contributed by atoms with van der Waals surface area (Å²) in [4.78, 5) is 10.7. The highest BCUT2D eigenvalue weighted by Gasteiger charge is 2.08. The monoisotopic (exact) mass is 206 g/mol. The molecule has 0 saturated carbocycles. The maximum atomic E-state index is 12.6. The number of rotatable bonds is 2. The first-order valence-electron chi connectivity index (χ1n) is 3.19. The van der Waals surface area contributed by atoms with Crippen LogP contribution in [0.3, 0.4) is 0 Å². The lowest BCUT2D eigenvalue weighted by Crippen LogP contribution is -1.95. The van der Waals surface area contributed by atoms with Crippen LogP contribution in [0.5, 0.6) is 0 Å². The Morgan fingerprint density at radius 3 is 2.67 bits per heavy atom. The van der Waals surface area contributed by atoms with Gasteiger partial charge in [-0.3, -0.25) is 4.79 Å². The first-order valence-corrected chi connectivity index (χ1v) is 4.10. The van der Waals surface area contributed by atoms with E-state index in [4.69, 9.17) is 23.2 Å². The number of carbonyl (C=O) groups excluding carboxylic acids is 1. The molecule has 0 spiro atoms. The van der Waals surface area contributed by atoms with Crippen LogP contribution in [0.1, 0.15) is 15.9 Å². The summed E-state index contributed by atoms with van der Waals surface area (Å²) in [6.07, 6.45) is 0. The molecular formula is C8H5Cl2FO. The van der Waals surface area contributed by atoms with Crippen molar-refractivity contribution in [3.05, 3.63) is 35.1 Å². The Hall–Kier alpha value is -0.600. The maximum Gasteiger partial charge on any atom is 0.252 e. The summed E-state index contributed by atoms with van der Waals surface area (Å²) in [7, 11) is 0. The van der Waals surface area contributed by atoms with Gasteiger partial charge >= 0.3 is 0 Å². The van der Waals surface area contributed by atoms with Gasteiger partial charge in [0.25, 0.3) is 5.24 Å². The molecule has 0 bridgehead atoms. The van der Waals surface area contributed by atoms with Gasteiger partial charge in [-0.2, -0.15) is 0 Å². The average molecular weight is 207 g/mol. The Morgan fingerprint density at radius 1 is 1.50 bits per heavy atom. The Balaban J connectivity index is 3.20. The van der Waals surface area contributed by atoms with Crippen molar-refractivity contribution < 1.29 is 9.18 Å². The molecule has 0 heterocycles. The molecule has 1 rings (SSSR count). The number of hydrogen-bond donors (Lipinski definition) is 0. The lowest BCUT2D eigenvalue weighted by atomic mass is 10.1. The molecule has 0 unspecified atom stereocenters. The Labute approximate surface area is 79.1 Å². The van der Waals surface area contributed by atoms with E-state index in [9.17, 15) is 9.18 Å². The van der Waals surface area contributed by atoms with Gasteiger partial charge in [0.15, 0.2) is 0 Å². The first-order chi connectivity index (χ1) is 5.65. The summed E-state index contributed by atoms with van der Waals surface area (Å²) < 4.78 is 12.6. The lowest BCUT2D eigenvalue weighted by Gasteiger charge is -2.00. The molecule has 1 nitrogen and oxygen atoms in total. The quantitative estimate of drug-likeness (QED) is 0.538. The van der Waals surface area contributed by atoms with Gasteiger partial charge in [0, 0.05) is 11.4 Å². The van der Waals surface area contributed by atoms with Crippen molar-refractivity contribution in [3.8, 4) is 0 Å². The van der Waals surface area contributed by atoms with E-state index in [2.05, 4.69) is 0 Å². The third-order valence-electron chi connectivity index (χ3n) is 1.42. The van der Waals surface area contributed by atoms with Crippen LogP contribution in [0.4, 0.5) is 4.39 Å². The highest BCUT2D eigenvalue weighted by atomic mass is 35.5. The molecule has 0 aliphatic heterocycles. The van der Waals surface area contributed by atoms with Gasteiger partial charge in [0.1, 0.15) is 5.82 Å². The minimum absolute atomic E-state index is 0.0750. The highest BCUT2D eigenvalue weighted by Crippen LogP contribution is 2.15.